The Balaban J connectivity index is 1.29. The summed E-state index contributed by atoms with van der Waals surface area (Å²) in [5.74, 6) is 0.00833. The molecule has 0 unspecified atom stereocenters. The smallest absolute Gasteiger partial charge is 0.373 e. The largest absolute Gasteiger partial charge is 0.416 e. The highest BCUT2D eigenvalue weighted by molar-refractivity contribution is 5.78. The van der Waals surface area contributed by atoms with Crippen LogP contribution < -0.4 is 10.2 Å². The van der Waals surface area contributed by atoms with Gasteiger partial charge in [0.05, 0.1) is 24.7 Å². The van der Waals surface area contributed by atoms with Gasteiger partial charge in [-0.15, -0.1) is 0 Å². The standard InChI is InChI=1S/C25H30F3N3O2/c1-29-24(32)17-18-2-7-22-19(16-18)9-15-33-23(22)8-10-30-11-13-31(14-12-30)21-5-3-20(4-6-21)25(26,27)28/h2-7,16,23H,8-15,17H2,1H3,(H,29,32)/t23-/m0/s1. The van der Waals surface area contributed by atoms with Crippen LogP contribution in [-0.2, 0) is 28.5 Å². The van der Waals surface area contributed by atoms with E-state index in [0.717, 1.165) is 68.9 Å². The summed E-state index contributed by atoms with van der Waals surface area (Å²) >= 11 is 0. The molecule has 0 bridgehead atoms. The predicted octanol–water partition coefficient (Wildman–Crippen LogP) is 3.82. The van der Waals surface area contributed by atoms with Crippen molar-refractivity contribution in [2.75, 3.05) is 51.3 Å². The molecule has 2 aliphatic heterocycles. The highest BCUT2D eigenvalue weighted by Gasteiger charge is 2.30. The number of nitrogens with zero attached hydrogens (tertiary/aromatic N) is 2. The minimum absolute atomic E-state index is 0.00833. The molecule has 0 spiro atoms. The van der Waals surface area contributed by atoms with Crippen LogP contribution in [0, 0.1) is 0 Å². The molecule has 2 aromatic carbocycles. The number of alkyl halides is 3. The number of halogens is 3. The number of piperazine rings is 1. The van der Waals surface area contributed by atoms with Crippen LogP contribution in [0.1, 0.15) is 34.8 Å². The number of anilines is 1. The second-order valence-electron chi connectivity index (χ2n) is 8.65. The second-order valence-corrected chi connectivity index (χ2v) is 8.65. The molecule has 4 rings (SSSR count). The van der Waals surface area contributed by atoms with E-state index in [2.05, 4.69) is 27.2 Å². The highest BCUT2D eigenvalue weighted by atomic mass is 19.4. The number of carbonyl (C=O) groups excluding carboxylic acids is 1. The van der Waals surface area contributed by atoms with Gasteiger partial charge in [-0.3, -0.25) is 9.69 Å². The number of hydrogen-bond acceptors (Lipinski definition) is 4. The summed E-state index contributed by atoms with van der Waals surface area (Å²) in [6.45, 7) is 4.90. The van der Waals surface area contributed by atoms with E-state index >= 15 is 0 Å². The monoisotopic (exact) mass is 461 g/mol. The maximum atomic E-state index is 12.8. The number of amides is 1. The van der Waals surface area contributed by atoms with Crippen molar-refractivity contribution < 1.29 is 22.7 Å². The molecule has 33 heavy (non-hydrogen) atoms. The zero-order valence-electron chi connectivity index (χ0n) is 18.8. The van der Waals surface area contributed by atoms with E-state index < -0.39 is 11.7 Å². The van der Waals surface area contributed by atoms with E-state index in [-0.39, 0.29) is 12.0 Å². The van der Waals surface area contributed by atoms with Gasteiger partial charge < -0.3 is 15.0 Å². The summed E-state index contributed by atoms with van der Waals surface area (Å²) in [6, 6.07) is 11.7. The summed E-state index contributed by atoms with van der Waals surface area (Å²) < 4.78 is 44.4. The number of rotatable bonds is 6. The molecule has 1 atom stereocenters. The van der Waals surface area contributed by atoms with Gasteiger partial charge in [0, 0.05) is 45.5 Å². The zero-order valence-corrected chi connectivity index (χ0v) is 18.8. The zero-order chi connectivity index (χ0) is 23.4. The summed E-state index contributed by atoms with van der Waals surface area (Å²) in [6.07, 6.45) is -2.11. The van der Waals surface area contributed by atoms with E-state index in [4.69, 9.17) is 4.74 Å². The van der Waals surface area contributed by atoms with Crippen molar-refractivity contribution in [3.05, 3.63) is 64.7 Å². The van der Waals surface area contributed by atoms with E-state index in [1.54, 1.807) is 19.2 Å². The Labute approximate surface area is 192 Å². The number of benzene rings is 2. The molecule has 0 aliphatic carbocycles. The fourth-order valence-corrected chi connectivity index (χ4v) is 4.60. The van der Waals surface area contributed by atoms with Crippen LogP contribution in [0.2, 0.25) is 0 Å². The quantitative estimate of drug-likeness (QED) is 0.711. The van der Waals surface area contributed by atoms with Gasteiger partial charge in [-0.1, -0.05) is 18.2 Å². The van der Waals surface area contributed by atoms with Gasteiger partial charge in [0.15, 0.2) is 0 Å². The molecule has 1 N–H and O–H groups in total. The van der Waals surface area contributed by atoms with Crippen LogP contribution in [0.3, 0.4) is 0 Å². The van der Waals surface area contributed by atoms with E-state index in [1.807, 2.05) is 6.07 Å². The minimum atomic E-state index is -4.30. The molecule has 2 aromatic rings. The normalized spacial score (nSPS) is 19.3. The van der Waals surface area contributed by atoms with Crippen molar-refractivity contribution in [1.82, 2.24) is 10.2 Å². The van der Waals surface area contributed by atoms with Gasteiger partial charge in [0.25, 0.3) is 0 Å². The van der Waals surface area contributed by atoms with Gasteiger partial charge in [-0.25, -0.2) is 0 Å². The SMILES string of the molecule is CNC(=O)Cc1ccc2c(c1)CCO[C@H]2CCN1CCN(c2ccc(C(F)(F)F)cc2)CC1. The average Bonchev–Trinajstić information content (AvgIpc) is 2.82. The molecule has 1 fully saturated rings. The summed E-state index contributed by atoms with van der Waals surface area (Å²) in [5.41, 5.74) is 3.72. The first-order valence-corrected chi connectivity index (χ1v) is 11.4. The molecule has 2 aliphatic rings. The van der Waals surface area contributed by atoms with Crippen LogP contribution in [-0.4, -0.2) is 57.2 Å². The number of nitrogens with one attached hydrogen (secondary N) is 1. The molecule has 0 saturated carbocycles. The Bertz CT molecular complexity index is 954. The third-order valence-corrected chi connectivity index (χ3v) is 6.53. The van der Waals surface area contributed by atoms with Crippen LogP contribution in [0.5, 0.6) is 0 Å². The molecule has 5 nitrogen and oxygen atoms in total. The summed E-state index contributed by atoms with van der Waals surface area (Å²) in [7, 11) is 1.65. The predicted molar refractivity (Wildman–Crippen MR) is 121 cm³/mol. The van der Waals surface area contributed by atoms with Crippen LogP contribution in [0.25, 0.3) is 0 Å². The second kappa shape index (κ2) is 10.1. The molecular weight excluding hydrogens is 431 g/mol. The molecule has 1 amide bonds. The summed E-state index contributed by atoms with van der Waals surface area (Å²) in [5, 5.41) is 2.66. The summed E-state index contributed by atoms with van der Waals surface area (Å²) in [4.78, 5) is 16.2. The number of likely N-dealkylation sites (N-methyl/N-ethyl adjacent to an activating group) is 1. The van der Waals surface area contributed by atoms with Crippen molar-refractivity contribution in [1.29, 1.82) is 0 Å². The fourth-order valence-electron chi connectivity index (χ4n) is 4.60. The first kappa shape index (κ1) is 23.6. The third kappa shape index (κ3) is 5.86. The molecule has 0 aromatic heterocycles. The first-order valence-electron chi connectivity index (χ1n) is 11.4. The maximum absolute atomic E-state index is 12.8. The van der Waals surface area contributed by atoms with Crippen molar-refractivity contribution >= 4 is 11.6 Å². The topological polar surface area (TPSA) is 44.8 Å². The average molecular weight is 462 g/mol. The third-order valence-electron chi connectivity index (χ3n) is 6.53. The number of carbonyl (C=O) groups is 1. The van der Waals surface area contributed by atoms with Crippen LogP contribution >= 0.6 is 0 Å². The Morgan fingerprint density at radius 1 is 1.09 bits per heavy atom. The lowest BCUT2D eigenvalue weighted by Crippen LogP contribution is -2.47. The first-order chi connectivity index (χ1) is 15.8. The van der Waals surface area contributed by atoms with Crippen molar-refractivity contribution in [3.8, 4) is 0 Å². The lowest BCUT2D eigenvalue weighted by atomic mass is 9.93. The molecule has 1 saturated heterocycles. The fraction of sp³-hybridized carbons (Fsp3) is 0.480. The van der Waals surface area contributed by atoms with Crippen molar-refractivity contribution in [2.24, 2.45) is 0 Å². The molecule has 2 heterocycles. The van der Waals surface area contributed by atoms with Crippen molar-refractivity contribution in [3.63, 3.8) is 0 Å². The van der Waals surface area contributed by atoms with Gasteiger partial charge in [-0.05, 0) is 53.8 Å². The molecule has 8 heteroatoms. The number of hydrogen-bond donors (Lipinski definition) is 1. The van der Waals surface area contributed by atoms with Gasteiger partial charge >= 0.3 is 6.18 Å². The Hall–Kier alpha value is -2.58. The number of ether oxygens (including phenoxy) is 1. The lowest BCUT2D eigenvalue weighted by molar-refractivity contribution is -0.137. The number of fused-ring (bicyclic) bond motifs is 1. The Morgan fingerprint density at radius 3 is 2.48 bits per heavy atom. The Morgan fingerprint density at radius 2 is 1.82 bits per heavy atom. The van der Waals surface area contributed by atoms with Crippen LogP contribution in [0.15, 0.2) is 42.5 Å². The molecule has 178 valence electrons. The molecular formula is C25H30F3N3O2. The maximum Gasteiger partial charge on any atom is 0.416 e. The van der Waals surface area contributed by atoms with E-state index in [0.29, 0.717) is 13.0 Å². The lowest BCUT2D eigenvalue weighted by Gasteiger charge is -2.37. The van der Waals surface area contributed by atoms with Gasteiger partial charge in [0.1, 0.15) is 0 Å². The minimum Gasteiger partial charge on any atom is -0.373 e. The van der Waals surface area contributed by atoms with Crippen LogP contribution in [0.4, 0.5) is 18.9 Å². The Kier molecular flexibility index (Phi) is 7.24. The van der Waals surface area contributed by atoms with Gasteiger partial charge in [0.2, 0.25) is 5.91 Å². The van der Waals surface area contributed by atoms with E-state index in [9.17, 15) is 18.0 Å². The highest BCUT2D eigenvalue weighted by Crippen LogP contribution is 2.32. The van der Waals surface area contributed by atoms with Gasteiger partial charge in [-0.2, -0.15) is 13.2 Å². The van der Waals surface area contributed by atoms with Crippen molar-refractivity contribution in [2.45, 2.75) is 31.5 Å². The molecule has 0 radical (unpaired) electrons. The van der Waals surface area contributed by atoms with E-state index in [1.165, 1.54) is 11.1 Å².